The zero-order valence-electron chi connectivity index (χ0n) is 13.9. The van der Waals surface area contributed by atoms with Crippen LogP contribution in [0.4, 0.5) is 0 Å². The number of carbonyl (C=O) groups is 1. The Kier molecular flexibility index (Phi) is 9.63. The van der Waals surface area contributed by atoms with Crippen LogP contribution >= 0.6 is 0 Å². The number of nitrogens with one attached hydrogen (secondary N) is 1. The lowest BCUT2D eigenvalue weighted by molar-refractivity contribution is -0.125. The number of amides is 1. The summed E-state index contributed by atoms with van der Waals surface area (Å²) in [6.07, 6.45) is 5.66. The first kappa shape index (κ1) is 18.4. The summed E-state index contributed by atoms with van der Waals surface area (Å²) in [5.74, 6) is 0.182. The number of nitrogens with zero attached hydrogens (tertiary/aromatic N) is 2. The molecule has 0 saturated carbocycles. The number of rotatable bonds is 9. The number of hydrogen-bond donors (Lipinski definition) is 2. The van der Waals surface area contributed by atoms with Gasteiger partial charge in [0.1, 0.15) is 0 Å². The van der Waals surface area contributed by atoms with Crippen molar-refractivity contribution < 1.29 is 4.79 Å². The Morgan fingerprint density at radius 1 is 1.19 bits per heavy atom. The summed E-state index contributed by atoms with van der Waals surface area (Å²) in [6, 6.07) is -0.0129. The fourth-order valence-corrected chi connectivity index (χ4v) is 2.82. The van der Waals surface area contributed by atoms with Crippen LogP contribution in [-0.4, -0.2) is 67.6 Å². The molecule has 124 valence electrons. The van der Waals surface area contributed by atoms with Crippen LogP contribution < -0.4 is 11.1 Å². The third kappa shape index (κ3) is 7.25. The highest BCUT2D eigenvalue weighted by molar-refractivity contribution is 5.81. The molecule has 5 nitrogen and oxygen atoms in total. The molecule has 0 radical (unpaired) electrons. The summed E-state index contributed by atoms with van der Waals surface area (Å²) in [5.41, 5.74) is 5.58. The van der Waals surface area contributed by atoms with E-state index in [1.165, 1.54) is 12.8 Å². The maximum absolute atomic E-state index is 12.2. The molecule has 3 N–H and O–H groups in total. The Morgan fingerprint density at radius 3 is 2.71 bits per heavy atom. The molecule has 0 aromatic carbocycles. The molecule has 1 aliphatic heterocycles. The van der Waals surface area contributed by atoms with Gasteiger partial charge >= 0.3 is 0 Å². The molecule has 0 aromatic rings. The Morgan fingerprint density at radius 2 is 2.00 bits per heavy atom. The molecular weight excluding hydrogens is 264 g/mol. The maximum Gasteiger partial charge on any atom is 0.237 e. The normalized spacial score (nSPS) is 19.2. The van der Waals surface area contributed by atoms with Crippen LogP contribution in [0.25, 0.3) is 0 Å². The van der Waals surface area contributed by atoms with Crippen molar-refractivity contribution in [2.45, 2.75) is 52.0 Å². The number of nitrogens with two attached hydrogens (primary N) is 1. The molecule has 0 bridgehead atoms. The average molecular weight is 298 g/mol. The molecule has 1 aliphatic rings. The van der Waals surface area contributed by atoms with Gasteiger partial charge in [0.05, 0.1) is 6.04 Å². The first-order valence-corrected chi connectivity index (χ1v) is 8.63. The molecule has 1 saturated heterocycles. The van der Waals surface area contributed by atoms with E-state index in [9.17, 15) is 4.79 Å². The van der Waals surface area contributed by atoms with E-state index in [1.807, 2.05) is 6.92 Å². The lowest BCUT2D eigenvalue weighted by Gasteiger charge is -2.27. The first-order chi connectivity index (χ1) is 10.2. The van der Waals surface area contributed by atoms with Gasteiger partial charge in [-0.1, -0.05) is 19.8 Å². The van der Waals surface area contributed by atoms with E-state index in [1.54, 1.807) is 0 Å². The second kappa shape index (κ2) is 11.0. The van der Waals surface area contributed by atoms with E-state index in [4.69, 9.17) is 5.73 Å². The van der Waals surface area contributed by atoms with Gasteiger partial charge in [0, 0.05) is 26.2 Å². The Hall–Kier alpha value is -0.650. The van der Waals surface area contributed by atoms with Crippen molar-refractivity contribution >= 4 is 5.91 Å². The molecule has 0 aromatic heterocycles. The molecule has 1 rings (SSSR count). The zero-order chi connectivity index (χ0) is 15.5. The van der Waals surface area contributed by atoms with E-state index in [-0.39, 0.29) is 11.9 Å². The van der Waals surface area contributed by atoms with Gasteiger partial charge in [-0.3, -0.25) is 9.69 Å². The lowest BCUT2D eigenvalue weighted by Crippen LogP contribution is -2.46. The molecule has 0 spiro atoms. The predicted molar refractivity (Wildman–Crippen MR) is 88.3 cm³/mol. The maximum atomic E-state index is 12.2. The fraction of sp³-hybridized carbons (Fsp3) is 0.938. The van der Waals surface area contributed by atoms with Gasteiger partial charge in [-0.25, -0.2) is 0 Å². The molecule has 1 amide bonds. The van der Waals surface area contributed by atoms with Gasteiger partial charge in [0.15, 0.2) is 0 Å². The van der Waals surface area contributed by atoms with Crippen LogP contribution in [0.5, 0.6) is 0 Å². The van der Waals surface area contributed by atoms with Gasteiger partial charge in [-0.2, -0.15) is 0 Å². The molecule has 5 heteroatoms. The van der Waals surface area contributed by atoms with Gasteiger partial charge in [-0.05, 0) is 45.8 Å². The molecule has 0 aliphatic carbocycles. The summed E-state index contributed by atoms with van der Waals surface area (Å²) < 4.78 is 0. The highest BCUT2D eigenvalue weighted by Crippen LogP contribution is 2.08. The summed E-state index contributed by atoms with van der Waals surface area (Å²) in [5, 5.41) is 3.07. The third-order valence-corrected chi connectivity index (χ3v) is 4.31. The Bertz CT molecular complexity index is 285. The molecule has 1 unspecified atom stereocenters. The van der Waals surface area contributed by atoms with Crippen LogP contribution in [0.2, 0.25) is 0 Å². The van der Waals surface area contributed by atoms with Crippen molar-refractivity contribution in [1.82, 2.24) is 15.1 Å². The van der Waals surface area contributed by atoms with Crippen molar-refractivity contribution in [3.05, 3.63) is 0 Å². The van der Waals surface area contributed by atoms with E-state index in [2.05, 4.69) is 22.0 Å². The summed E-state index contributed by atoms with van der Waals surface area (Å²) in [6.45, 7) is 11.0. The minimum absolute atomic E-state index is 0.0129. The topological polar surface area (TPSA) is 61.6 Å². The van der Waals surface area contributed by atoms with Gasteiger partial charge in [-0.15, -0.1) is 0 Å². The van der Waals surface area contributed by atoms with Gasteiger partial charge in [0.25, 0.3) is 0 Å². The van der Waals surface area contributed by atoms with E-state index < -0.39 is 0 Å². The number of carbonyl (C=O) groups excluding carboxylic acids is 1. The van der Waals surface area contributed by atoms with Crippen molar-refractivity contribution in [3.63, 3.8) is 0 Å². The zero-order valence-corrected chi connectivity index (χ0v) is 13.9. The molecule has 1 atom stereocenters. The molecule has 1 heterocycles. The van der Waals surface area contributed by atoms with Crippen LogP contribution in [0, 0.1) is 0 Å². The van der Waals surface area contributed by atoms with Crippen molar-refractivity contribution in [2.75, 3.05) is 45.8 Å². The second-order valence-corrected chi connectivity index (χ2v) is 6.05. The standard InChI is InChI=1S/C16H34N4O/c1-3-4-5-9-18-16(21)15(2)20-12-7-11-19(13-14-20)10-6-8-17/h15H,3-14,17H2,1-2H3,(H,18,21). The summed E-state index contributed by atoms with van der Waals surface area (Å²) >= 11 is 0. The molecule has 21 heavy (non-hydrogen) atoms. The van der Waals surface area contributed by atoms with Crippen LogP contribution in [0.3, 0.4) is 0 Å². The SMILES string of the molecule is CCCCCNC(=O)C(C)N1CCCN(CCCN)CC1. The number of unbranched alkanes of at least 4 members (excludes halogenated alkanes) is 2. The van der Waals surface area contributed by atoms with Crippen molar-refractivity contribution in [2.24, 2.45) is 5.73 Å². The highest BCUT2D eigenvalue weighted by atomic mass is 16.2. The highest BCUT2D eigenvalue weighted by Gasteiger charge is 2.23. The summed E-state index contributed by atoms with van der Waals surface area (Å²) in [7, 11) is 0. The first-order valence-electron chi connectivity index (χ1n) is 8.63. The lowest BCUT2D eigenvalue weighted by atomic mass is 10.2. The largest absolute Gasteiger partial charge is 0.355 e. The molecular formula is C16H34N4O. The Balaban J connectivity index is 2.29. The molecule has 1 fully saturated rings. The van der Waals surface area contributed by atoms with Gasteiger partial charge in [0.2, 0.25) is 5.91 Å². The quantitative estimate of drug-likeness (QED) is 0.624. The van der Waals surface area contributed by atoms with Gasteiger partial charge < -0.3 is 16.0 Å². The average Bonchev–Trinajstić information content (AvgIpc) is 2.74. The number of hydrogen-bond acceptors (Lipinski definition) is 4. The van der Waals surface area contributed by atoms with Crippen molar-refractivity contribution in [3.8, 4) is 0 Å². The van der Waals surface area contributed by atoms with Crippen molar-refractivity contribution in [1.29, 1.82) is 0 Å². The van der Waals surface area contributed by atoms with E-state index >= 15 is 0 Å². The monoisotopic (exact) mass is 298 g/mol. The van der Waals surface area contributed by atoms with E-state index in [0.29, 0.717) is 0 Å². The third-order valence-electron chi connectivity index (χ3n) is 4.31. The fourth-order valence-electron chi connectivity index (χ4n) is 2.82. The van der Waals surface area contributed by atoms with Crippen LogP contribution in [0.1, 0.15) is 46.0 Å². The van der Waals surface area contributed by atoms with E-state index in [0.717, 1.165) is 65.1 Å². The Labute approximate surface area is 130 Å². The summed E-state index contributed by atoms with van der Waals surface area (Å²) in [4.78, 5) is 17.0. The smallest absolute Gasteiger partial charge is 0.237 e. The minimum Gasteiger partial charge on any atom is -0.355 e. The van der Waals surface area contributed by atoms with Crippen LogP contribution in [-0.2, 0) is 4.79 Å². The van der Waals surface area contributed by atoms with Crippen LogP contribution in [0.15, 0.2) is 0 Å². The minimum atomic E-state index is -0.0129. The second-order valence-electron chi connectivity index (χ2n) is 6.05. The predicted octanol–water partition coefficient (Wildman–Crippen LogP) is 1.04.